The molecule has 4 rings (SSSR count). The number of pyridine rings is 1. The number of rotatable bonds is 8. The lowest BCUT2D eigenvalue weighted by Gasteiger charge is -2.14. The summed E-state index contributed by atoms with van der Waals surface area (Å²) in [5.41, 5.74) is 2.65. The van der Waals surface area contributed by atoms with Gasteiger partial charge in [0.2, 0.25) is 0 Å². The molecule has 1 heterocycles. The quantitative estimate of drug-likeness (QED) is 0.297. The van der Waals surface area contributed by atoms with Crippen molar-refractivity contribution in [2.45, 2.75) is 13.2 Å². The van der Waals surface area contributed by atoms with Gasteiger partial charge < -0.3 is 14.6 Å². The Bertz CT molecular complexity index is 1280. The highest BCUT2D eigenvalue weighted by molar-refractivity contribution is 6.42. The minimum Gasteiger partial charge on any atom is -0.488 e. The van der Waals surface area contributed by atoms with Crippen LogP contribution in [0.4, 0.5) is 0 Å². The number of carboxylic acid groups (broad SMARTS) is 1. The topological polar surface area (TPSA) is 68.7 Å². The van der Waals surface area contributed by atoms with E-state index in [0.717, 1.165) is 11.1 Å². The number of ether oxygens (including phenoxy) is 2. The Morgan fingerprint density at radius 3 is 2.27 bits per heavy atom. The van der Waals surface area contributed by atoms with Gasteiger partial charge in [0.25, 0.3) is 0 Å². The number of carboxylic acids is 1. The molecule has 0 bridgehead atoms. The minimum absolute atomic E-state index is 0.0413. The van der Waals surface area contributed by atoms with Crippen molar-refractivity contribution in [1.29, 1.82) is 0 Å². The van der Waals surface area contributed by atoms with Crippen molar-refractivity contribution >= 4 is 29.2 Å². The maximum absolute atomic E-state index is 11.8. The van der Waals surface area contributed by atoms with E-state index >= 15 is 0 Å². The number of halogens is 2. The van der Waals surface area contributed by atoms with Gasteiger partial charge in [0.1, 0.15) is 29.7 Å². The van der Waals surface area contributed by atoms with Crippen LogP contribution >= 0.6 is 23.2 Å². The molecular weight excluding hydrogens is 461 g/mol. The van der Waals surface area contributed by atoms with Crippen LogP contribution in [-0.4, -0.2) is 16.1 Å². The Labute approximate surface area is 201 Å². The summed E-state index contributed by atoms with van der Waals surface area (Å²) >= 11 is 12.2. The molecule has 0 aliphatic rings. The van der Waals surface area contributed by atoms with Crippen molar-refractivity contribution in [3.8, 4) is 22.8 Å². The molecule has 7 heteroatoms. The zero-order valence-electron chi connectivity index (χ0n) is 17.4. The third-order valence-corrected chi connectivity index (χ3v) is 5.69. The first-order valence-corrected chi connectivity index (χ1v) is 10.8. The summed E-state index contributed by atoms with van der Waals surface area (Å²) in [6.45, 7) is 0.302. The fraction of sp³-hybridized carbons (Fsp3) is 0.0769. The minimum atomic E-state index is -1.10. The summed E-state index contributed by atoms with van der Waals surface area (Å²) in [6.07, 6.45) is 0. The van der Waals surface area contributed by atoms with E-state index in [9.17, 15) is 9.90 Å². The Kier molecular flexibility index (Phi) is 7.13. The van der Waals surface area contributed by atoms with Gasteiger partial charge in [-0.25, -0.2) is 9.78 Å². The standard InChI is InChI=1S/C26H19Cl2NO4/c27-20-10-6-12-24(25(20)28)33-16-22-19(26(30)31)13-14-21(29-22)18-9-4-5-11-23(18)32-15-17-7-2-1-3-8-17/h1-14H,15-16H2,(H,30,31). The van der Waals surface area contributed by atoms with Gasteiger partial charge >= 0.3 is 5.97 Å². The zero-order valence-corrected chi connectivity index (χ0v) is 18.9. The Hall–Kier alpha value is -3.54. The molecule has 0 saturated heterocycles. The number of para-hydroxylation sites is 1. The molecule has 0 saturated carbocycles. The number of hydrogen-bond donors (Lipinski definition) is 1. The lowest BCUT2D eigenvalue weighted by atomic mass is 10.1. The van der Waals surface area contributed by atoms with Gasteiger partial charge in [0.05, 0.1) is 22.0 Å². The summed E-state index contributed by atoms with van der Waals surface area (Å²) in [6, 6.07) is 25.5. The van der Waals surface area contributed by atoms with Crippen LogP contribution in [-0.2, 0) is 13.2 Å². The average molecular weight is 480 g/mol. The molecule has 5 nitrogen and oxygen atoms in total. The van der Waals surface area contributed by atoms with Crippen molar-refractivity contribution in [3.05, 3.63) is 112 Å². The second-order valence-electron chi connectivity index (χ2n) is 7.11. The second kappa shape index (κ2) is 10.4. The van der Waals surface area contributed by atoms with Crippen molar-refractivity contribution < 1.29 is 19.4 Å². The highest BCUT2D eigenvalue weighted by Crippen LogP contribution is 2.33. The van der Waals surface area contributed by atoms with Gasteiger partial charge in [-0.05, 0) is 42.0 Å². The van der Waals surface area contributed by atoms with E-state index < -0.39 is 5.97 Å². The van der Waals surface area contributed by atoms with Crippen LogP contribution in [0, 0.1) is 0 Å². The normalized spacial score (nSPS) is 10.6. The summed E-state index contributed by atoms with van der Waals surface area (Å²) in [7, 11) is 0. The summed E-state index contributed by atoms with van der Waals surface area (Å²) < 4.78 is 11.8. The van der Waals surface area contributed by atoms with E-state index in [2.05, 4.69) is 4.98 Å². The van der Waals surface area contributed by atoms with E-state index in [1.807, 2.05) is 54.6 Å². The fourth-order valence-corrected chi connectivity index (χ4v) is 3.58. The first-order chi connectivity index (χ1) is 16.0. The SMILES string of the molecule is O=C(O)c1ccc(-c2ccccc2OCc2ccccc2)nc1COc1cccc(Cl)c1Cl. The first-order valence-electron chi connectivity index (χ1n) is 10.1. The molecule has 1 aromatic heterocycles. The van der Waals surface area contributed by atoms with Crippen molar-refractivity contribution in [1.82, 2.24) is 4.98 Å². The van der Waals surface area contributed by atoms with Gasteiger partial charge in [-0.3, -0.25) is 0 Å². The molecule has 0 radical (unpaired) electrons. The van der Waals surface area contributed by atoms with Crippen molar-refractivity contribution in [3.63, 3.8) is 0 Å². The Morgan fingerprint density at radius 1 is 0.788 bits per heavy atom. The van der Waals surface area contributed by atoms with Crippen molar-refractivity contribution in [2.75, 3.05) is 0 Å². The van der Waals surface area contributed by atoms with E-state index in [-0.39, 0.29) is 22.9 Å². The lowest BCUT2D eigenvalue weighted by molar-refractivity contribution is 0.0693. The van der Waals surface area contributed by atoms with Crippen LogP contribution in [0.3, 0.4) is 0 Å². The molecule has 4 aromatic rings. The second-order valence-corrected chi connectivity index (χ2v) is 7.89. The van der Waals surface area contributed by atoms with Gasteiger partial charge in [0, 0.05) is 5.56 Å². The van der Waals surface area contributed by atoms with Gasteiger partial charge in [-0.15, -0.1) is 0 Å². The van der Waals surface area contributed by atoms with Crippen LogP contribution in [0.25, 0.3) is 11.3 Å². The zero-order chi connectivity index (χ0) is 23.2. The molecule has 0 atom stereocenters. The predicted octanol–water partition coefficient (Wildman–Crippen LogP) is 6.91. The molecule has 33 heavy (non-hydrogen) atoms. The molecule has 0 spiro atoms. The molecule has 0 fully saturated rings. The summed E-state index contributed by atoms with van der Waals surface area (Å²) in [4.78, 5) is 16.3. The summed E-state index contributed by atoms with van der Waals surface area (Å²) in [5, 5.41) is 10.2. The molecule has 0 aliphatic heterocycles. The predicted molar refractivity (Wildman–Crippen MR) is 128 cm³/mol. The average Bonchev–Trinajstić information content (AvgIpc) is 2.84. The number of nitrogens with zero attached hydrogens (tertiary/aromatic N) is 1. The van der Waals surface area contributed by atoms with E-state index in [4.69, 9.17) is 32.7 Å². The van der Waals surface area contributed by atoms with Crippen LogP contribution < -0.4 is 9.47 Å². The highest BCUT2D eigenvalue weighted by Gasteiger charge is 2.17. The monoisotopic (exact) mass is 479 g/mol. The number of carbonyl (C=O) groups is 1. The van der Waals surface area contributed by atoms with E-state index in [0.29, 0.717) is 28.8 Å². The maximum atomic E-state index is 11.8. The van der Waals surface area contributed by atoms with E-state index in [1.165, 1.54) is 6.07 Å². The molecule has 0 amide bonds. The van der Waals surface area contributed by atoms with Crippen LogP contribution in [0.5, 0.6) is 11.5 Å². The van der Waals surface area contributed by atoms with Gasteiger partial charge in [0.15, 0.2) is 0 Å². The van der Waals surface area contributed by atoms with Crippen LogP contribution in [0.1, 0.15) is 21.6 Å². The van der Waals surface area contributed by atoms with Gasteiger partial charge in [-0.2, -0.15) is 0 Å². The number of aromatic carboxylic acids is 1. The molecular formula is C26H19Cl2NO4. The molecule has 0 aliphatic carbocycles. The number of aromatic nitrogens is 1. The van der Waals surface area contributed by atoms with Crippen molar-refractivity contribution in [2.24, 2.45) is 0 Å². The lowest BCUT2D eigenvalue weighted by Crippen LogP contribution is -2.09. The van der Waals surface area contributed by atoms with E-state index in [1.54, 1.807) is 24.3 Å². The van der Waals surface area contributed by atoms with Gasteiger partial charge in [-0.1, -0.05) is 71.7 Å². The number of benzene rings is 3. The molecule has 0 unspecified atom stereocenters. The first kappa shape index (κ1) is 22.6. The Morgan fingerprint density at radius 2 is 1.48 bits per heavy atom. The number of hydrogen-bond acceptors (Lipinski definition) is 4. The Balaban J connectivity index is 1.62. The molecule has 3 aromatic carbocycles. The smallest absolute Gasteiger partial charge is 0.337 e. The van der Waals surface area contributed by atoms with Crippen LogP contribution in [0.15, 0.2) is 84.9 Å². The largest absolute Gasteiger partial charge is 0.488 e. The highest BCUT2D eigenvalue weighted by atomic mass is 35.5. The third kappa shape index (κ3) is 5.45. The molecule has 1 N–H and O–H groups in total. The summed E-state index contributed by atoms with van der Waals surface area (Å²) in [5.74, 6) is -0.112. The molecule has 166 valence electrons. The third-order valence-electron chi connectivity index (χ3n) is 4.89. The fourth-order valence-electron chi connectivity index (χ4n) is 3.24. The van der Waals surface area contributed by atoms with Crippen LogP contribution in [0.2, 0.25) is 10.0 Å². The maximum Gasteiger partial charge on any atom is 0.337 e.